The number of fused-ring (bicyclic) bond motifs is 1. The SMILES string of the molecule is Cc1cc([C@@H](C)Nc2nn(C)c(=O)c3cc(=O)n(C4CC4)cc23)cc(C(F)(F)F)c1. The van der Waals surface area contributed by atoms with Gasteiger partial charge in [0.15, 0.2) is 5.82 Å². The number of nitrogens with zero attached hydrogens (tertiary/aromatic N) is 3. The van der Waals surface area contributed by atoms with Gasteiger partial charge >= 0.3 is 6.18 Å². The number of anilines is 1. The third-order valence-electron chi connectivity index (χ3n) is 5.33. The van der Waals surface area contributed by atoms with E-state index < -0.39 is 23.3 Å². The van der Waals surface area contributed by atoms with Crippen molar-refractivity contribution in [2.45, 2.75) is 44.9 Å². The Morgan fingerprint density at radius 2 is 1.83 bits per heavy atom. The Labute approximate surface area is 170 Å². The molecule has 0 aliphatic heterocycles. The number of benzene rings is 1. The highest BCUT2D eigenvalue weighted by Gasteiger charge is 2.31. The molecule has 3 aromatic rings. The second-order valence-electron chi connectivity index (χ2n) is 7.85. The van der Waals surface area contributed by atoms with E-state index >= 15 is 0 Å². The van der Waals surface area contributed by atoms with E-state index in [1.807, 2.05) is 0 Å². The lowest BCUT2D eigenvalue weighted by molar-refractivity contribution is -0.137. The summed E-state index contributed by atoms with van der Waals surface area (Å²) in [4.78, 5) is 24.9. The Morgan fingerprint density at radius 3 is 2.47 bits per heavy atom. The van der Waals surface area contributed by atoms with E-state index in [9.17, 15) is 22.8 Å². The molecule has 0 radical (unpaired) electrons. The van der Waals surface area contributed by atoms with Crippen LogP contribution in [0.3, 0.4) is 0 Å². The molecule has 6 nitrogen and oxygen atoms in total. The van der Waals surface area contributed by atoms with E-state index in [1.54, 1.807) is 30.7 Å². The minimum Gasteiger partial charge on any atom is -0.362 e. The lowest BCUT2D eigenvalue weighted by Gasteiger charge is -2.19. The average Bonchev–Trinajstić information content (AvgIpc) is 3.49. The molecule has 30 heavy (non-hydrogen) atoms. The van der Waals surface area contributed by atoms with Crippen molar-refractivity contribution in [1.29, 1.82) is 0 Å². The molecule has 2 heterocycles. The summed E-state index contributed by atoms with van der Waals surface area (Å²) >= 11 is 0. The molecule has 1 aliphatic carbocycles. The first kappa shape index (κ1) is 20.2. The minimum atomic E-state index is -4.44. The third kappa shape index (κ3) is 3.71. The molecule has 1 atom stereocenters. The predicted molar refractivity (Wildman–Crippen MR) is 108 cm³/mol. The highest BCUT2D eigenvalue weighted by Crippen LogP contribution is 2.35. The highest BCUT2D eigenvalue weighted by atomic mass is 19.4. The van der Waals surface area contributed by atoms with Crippen LogP contribution in [0.5, 0.6) is 0 Å². The van der Waals surface area contributed by atoms with Gasteiger partial charge in [-0.15, -0.1) is 0 Å². The summed E-state index contributed by atoms with van der Waals surface area (Å²) in [6, 6.07) is 4.79. The quantitative estimate of drug-likeness (QED) is 0.697. The molecule has 4 rings (SSSR count). The number of pyridine rings is 1. The van der Waals surface area contributed by atoms with Gasteiger partial charge in [-0.2, -0.15) is 18.3 Å². The number of nitrogens with one attached hydrogen (secondary N) is 1. The first-order chi connectivity index (χ1) is 14.0. The molecule has 1 N–H and O–H groups in total. The summed E-state index contributed by atoms with van der Waals surface area (Å²) in [5.41, 5.74) is -0.429. The number of aryl methyl sites for hydroxylation is 2. The fourth-order valence-electron chi connectivity index (χ4n) is 3.60. The van der Waals surface area contributed by atoms with Gasteiger partial charge in [-0.1, -0.05) is 11.6 Å². The molecule has 0 saturated heterocycles. The second-order valence-corrected chi connectivity index (χ2v) is 7.85. The number of alkyl halides is 3. The summed E-state index contributed by atoms with van der Waals surface area (Å²) in [6.07, 6.45) is -1.03. The molecular weight excluding hydrogens is 397 g/mol. The maximum absolute atomic E-state index is 13.2. The van der Waals surface area contributed by atoms with Gasteiger partial charge in [-0.25, -0.2) is 4.68 Å². The van der Waals surface area contributed by atoms with Crippen LogP contribution in [0.4, 0.5) is 19.0 Å². The van der Waals surface area contributed by atoms with Crippen LogP contribution in [0, 0.1) is 6.92 Å². The zero-order chi connectivity index (χ0) is 21.8. The predicted octanol–water partition coefficient (Wildman–Crippen LogP) is 3.93. The molecule has 0 amide bonds. The summed E-state index contributed by atoms with van der Waals surface area (Å²) in [6.45, 7) is 3.34. The molecule has 0 spiro atoms. The summed E-state index contributed by atoms with van der Waals surface area (Å²) in [7, 11) is 1.47. The van der Waals surface area contributed by atoms with Crippen molar-refractivity contribution in [2.24, 2.45) is 7.05 Å². The number of aromatic nitrogens is 3. The topological polar surface area (TPSA) is 68.9 Å². The van der Waals surface area contributed by atoms with E-state index in [4.69, 9.17) is 0 Å². The minimum absolute atomic E-state index is 0.113. The van der Waals surface area contributed by atoms with Gasteiger partial charge in [0.1, 0.15) is 0 Å². The summed E-state index contributed by atoms with van der Waals surface area (Å²) in [5, 5.41) is 8.09. The van der Waals surface area contributed by atoms with Gasteiger partial charge in [-0.3, -0.25) is 9.59 Å². The van der Waals surface area contributed by atoms with Gasteiger partial charge in [-0.05, 0) is 44.4 Å². The number of hydrogen-bond acceptors (Lipinski definition) is 4. The molecule has 2 aromatic heterocycles. The molecule has 0 bridgehead atoms. The highest BCUT2D eigenvalue weighted by molar-refractivity contribution is 5.90. The summed E-state index contributed by atoms with van der Waals surface area (Å²) in [5.74, 6) is 0.337. The Hall–Kier alpha value is -3.10. The van der Waals surface area contributed by atoms with E-state index in [0.29, 0.717) is 22.3 Å². The van der Waals surface area contributed by atoms with Crippen LogP contribution in [-0.4, -0.2) is 14.3 Å². The van der Waals surface area contributed by atoms with Crippen molar-refractivity contribution in [3.63, 3.8) is 0 Å². The van der Waals surface area contributed by atoms with E-state index in [-0.39, 0.29) is 17.0 Å². The number of hydrogen-bond donors (Lipinski definition) is 1. The lowest BCUT2D eigenvalue weighted by Crippen LogP contribution is -2.26. The molecule has 1 aromatic carbocycles. The zero-order valence-electron chi connectivity index (χ0n) is 16.7. The van der Waals surface area contributed by atoms with Crippen molar-refractivity contribution in [1.82, 2.24) is 14.3 Å². The van der Waals surface area contributed by atoms with Gasteiger partial charge < -0.3 is 9.88 Å². The maximum Gasteiger partial charge on any atom is 0.416 e. The van der Waals surface area contributed by atoms with Crippen LogP contribution in [-0.2, 0) is 13.2 Å². The van der Waals surface area contributed by atoms with Crippen LogP contribution in [0.1, 0.15) is 48.5 Å². The smallest absolute Gasteiger partial charge is 0.362 e. The first-order valence-corrected chi connectivity index (χ1v) is 9.63. The Kier molecular flexibility index (Phi) is 4.71. The van der Waals surface area contributed by atoms with Crippen LogP contribution < -0.4 is 16.4 Å². The molecule has 0 unspecified atom stereocenters. The maximum atomic E-state index is 13.2. The number of halogens is 3. The lowest BCUT2D eigenvalue weighted by atomic mass is 10.0. The van der Waals surface area contributed by atoms with E-state index in [0.717, 1.165) is 29.7 Å². The van der Waals surface area contributed by atoms with Crippen molar-refractivity contribution in [3.8, 4) is 0 Å². The first-order valence-electron chi connectivity index (χ1n) is 9.63. The third-order valence-corrected chi connectivity index (χ3v) is 5.33. The van der Waals surface area contributed by atoms with Crippen molar-refractivity contribution >= 4 is 16.6 Å². The van der Waals surface area contributed by atoms with Gasteiger partial charge in [0.2, 0.25) is 0 Å². The molecular formula is C21H21F3N4O2. The number of rotatable bonds is 4. The van der Waals surface area contributed by atoms with Crippen molar-refractivity contribution in [3.05, 3.63) is 67.9 Å². The Morgan fingerprint density at radius 1 is 1.13 bits per heavy atom. The standard InChI is InChI=1S/C21H21F3N4O2/c1-11-6-13(8-14(7-11)21(22,23)24)12(2)25-19-17-10-28(15-4-5-15)18(29)9-16(17)20(30)27(3)26-19/h6-10,12,15H,4-5H2,1-3H3,(H,25,26)/t12-/m1/s1. The summed E-state index contributed by atoms with van der Waals surface area (Å²) < 4.78 is 42.3. The van der Waals surface area contributed by atoms with Crippen LogP contribution >= 0.6 is 0 Å². The largest absolute Gasteiger partial charge is 0.416 e. The van der Waals surface area contributed by atoms with Gasteiger partial charge in [0, 0.05) is 30.7 Å². The van der Waals surface area contributed by atoms with Crippen molar-refractivity contribution < 1.29 is 13.2 Å². The second kappa shape index (κ2) is 7.00. The molecule has 1 fully saturated rings. The van der Waals surface area contributed by atoms with Crippen LogP contribution in [0.25, 0.3) is 10.8 Å². The monoisotopic (exact) mass is 418 g/mol. The molecule has 1 saturated carbocycles. The van der Waals surface area contributed by atoms with Gasteiger partial charge in [0.05, 0.1) is 17.0 Å². The van der Waals surface area contributed by atoms with Crippen LogP contribution in [0.15, 0.2) is 40.1 Å². The van der Waals surface area contributed by atoms with Gasteiger partial charge in [0.25, 0.3) is 11.1 Å². The molecule has 9 heteroatoms. The Bertz CT molecular complexity index is 1260. The zero-order valence-corrected chi connectivity index (χ0v) is 16.7. The van der Waals surface area contributed by atoms with E-state index in [1.165, 1.54) is 13.1 Å². The Balaban J connectivity index is 1.79. The fraction of sp³-hybridized carbons (Fsp3) is 0.381. The van der Waals surface area contributed by atoms with Crippen LogP contribution in [0.2, 0.25) is 0 Å². The fourth-order valence-corrected chi connectivity index (χ4v) is 3.60. The van der Waals surface area contributed by atoms with Crippen molar-refractivity contribution in [2.75, 3.05) is 5.32 Å². The normalized spacial score (nSPS) is 15.4. The van der Waals surface area contributed by atoms with E-state index in [2.05, 4.69) is 10.4 Å². The molecule has 158 valence electrons. The molecule has 1 aliphatic rings. The average molecular weight is 418 g/mol.